The molecule has 0 aromatic carbocycles. The van der Waals surface area contributed by atoms with Crippen molar-refractivity contribution < 1.29 is 4.84 Å². The van der Waals surface area contributed by atoms with Crippen LogP contribution in [0.4, 0.5) is 0 Å². The fourth-order valence-electron chi connectivity index (χ4n) is 0.215. The van der Waals surface area contributed by atoms with Gasteiger partial charge in [-0.05, 0) is 13.8 Å². The summed E-state index contributed by atoms with van der Waals surface area (Å²) in [6, 6.07) is 0.448. The fraction of sp³-hybridized carbons (Fsp3) is 1.00. The Labute approximate surface area is 43.8 Å². The van der Waals surface area contributed by atoms with Crippen molar-refractivity contribution in [3.8, 4) is 0 Å². The summed E-state index contributed by atoms with van der Waals surface area (Å²) in [7, 11) is 0. The normalized spacial score (nSPS) is 10.3. The van der Waals surface area contributed by atoms with Crippen molar-refractivity contribution in [3.63, 3.8) is 0 Å². The molecule has 0 spiro atoms. The summed E-state index contributed by atoms with van der Waals surface area (Å²) in [5.41, 5.74) is 0. The van der Waals surface area contributed by atoms with E-state index in [9.17, 15) is 0 Å². The van der Waals surface area contributed by atoms with Crippen molar-refractivity contribution in [2.45, 2.75) is 19.9 Å². The Bertz CT molecular complexity index is 38.7. The third kappa shape index (κ3) is 5.88. The van der Waals surface area contributed by atoms with Gasteiger partial charge in [0.25, 0.3) is 0 Å². The number of hydrogen-bond donors (Lipinski definition) is 2. The van der Waals surface area contributed by atoms with Crippen molar-refractivity contribution in [2.75, 3.05) is 6.73 Å². The van der Waals surface area contributed by atoms with E-state index in [1.807, 2.05) is 13.8 Å². The van der Waals surface area contributed by atoms with E-state index < -0.39 is 0 Å². The molecule has 0 saturated carbocycles. The van der Waals surface area contributed by atoms with Crippen molar-refractivity contribution in [3.05, 3.63) is 0 Å². The first-order valence-electron chi connectivity index (χ1n) is 2.32. The molecule has 0 saturated heterocycles. The molecule has 0 aromatic rings. The summed E-state index contributed by atoms with van der Waals surface area (Å²) in [5, 5.41) is 2.95. The zero-order valence-corrected chi connectivity index (χ0v) is 4.77. The summed E-state index contributed by atoms with van der Waals surface area (Å²) >= 11 is 0. The van der Waals surface area contributed by atoms with Crippen molar-refractivity contribution in [2.24, 2.45) is 5.90 Å². The molecule has 0 bridgehead atoms. The highest BCUT2D eigenvalue weighted by atomic mass is 16.6. The maximum absolute atomic E-state index is 4.71. The fourth-order valence-corrected chi connectivity index (χ4v) is 0.215. The van der Waals surface area contributed by atoms with Crippen LogP contribution in [-0.4, -0.2) is 12.8 Å². The lowest BCUT2D eigenvalue weighted by Crippen LogP contribution is -2.26. The minimum absolute atomic E-state index is 0.428. The third-order valence-corrected chi connectivity index (χ3v) is 0.575. The topological polar surface area (TPSA) is 47.3 Å². The first-order chi connectivity index (χ1) is 3.27. The molecule has 3 nitrogen and oxygen atoms in total. The van der Waals surface area contributed by atoms with Crippen LogP contribution in [0.5, 0.6) is 0 Å². The lowest BCUT2D eigenvalue weighted by Gasteiger charge is -2.03. The van der Waals surface area contributed by atoms with Crippen LogP contribution in [0.3, 0.4) is 0 Å². The largest absolute Gasteiger partial charge is 0.291 e. The zero-order chi connectivity index (χ0) is 5.70. The molecule has 44 valence electrons. The Morgan fingerprint density at radius 2 is 2.29 bits per heavy atom. The molecule has 0 heterocycles. The maximum Gasteiger partial charge on any atom is 0.118 e. The minimum Gasteiger partial charge on any atom is -0.291 e. The molecular weight excluding hydrogens is 92.1 g/mol. The molecule has 0 atom stereocenters. The van der Waals surface area contributed by atoms with E-state index in [-0.39, 0.29) is 0 Å². The van der Waals surface area contributed by atoms with Crippen LogP contribution in [-0.2, 0) is 4.84 Å². The second-order valence-corrected chi connectivity index (χ2v) is 1.67. The highest BCUT2D eigenvalue weighted by Crippen LogP contribution is 1.71. The predicted octanol–water partition coefficient (Wildman–Crippen LogP) is -0.168. The average Bonchev–Trinajstić information content (AvgIpc) is 1.61. The molecule has 3 heteroatoms. The van der Waals surface area contributed by atoms with Gasteiger partial charge in [0.1, 0.15) is 6.73 Å². The number of nitrogens with one attached hydrogen (secondary N) is 1. The van der Waals surface area contributed by atoms with Crippen LogP contribution in [0.2, 0.25) is 0 Å². The van der Waals surface area contributed by atoms with Crippen LogP contribution >= 0.6 is 0 Å². The summed E-state index contributed by atoms with van der Waals surface area (Å²) < 4.78 is 0. The second kappa shape index (κ2) is 4.05. The number of nitrogens with two attached hydrogens (primary N) is 1. The van der Waals surface area contributed by atoms with Gasteiger partial charge in [0.15, 0.2) is 0 Å². The smallest absolute Gasteiger partial charge is 0.118 e. The monoisotopic (exact) mass is 104 g/mol. The minimum atomic E-state index is 0.428. The third-order valence-electron chi connectivity index (χ3n) is 0.575. The number of hydrogen-bond acceptors (Lipinski definition) is 3. The molecule has 0 unspecified atom stereocenters. The Balaban J connectivity index is 2.68. The highest BCUT2D eigenvalue weighted by Gasteiger charge is 1.85. The van der Waals surface area contributed by atoms with Crippen LogP contribution in [0.25, 0.3) is 0 Å². The molecule has 0 amide bonds. The molecule has 7 heavy (non-hydrogen) atoms. The van der Waals surface area contributed by atoms with Crippen molar-refractivity contribution in [1.82, 2.24) is 5.32 Å². The van der Waals surface area contributed by atoms with Crippen LogP contribution in [0.1, 0.15) is 13.8 Å². The first kappa shape index (κ1) is 6.88. The van der Waals surface area contributed by atoms with E-state index in [0.29, 0.717) is 12.8 Å². The molecular formula is C4H12N2O. The van der Waals surface area contributed by atoms with Gasteiger partial charge in [-0.1, -0.05) is 0 Å². The van der Waals surface area contributed by atoms with Gasteiger partial charge in [0, 0.05) is 6.04 Å². The molecule has 0 rings (SSSR count). The summed E-state index contributed by atoms with van der Waals surface area (Å²) in [5.74, 6) is 4.71. The Morgan fingerprint density at radius 3 is 2.43 bits per heavy atom. The second-order valence-electron chi connectivity index (χ2n) is 1.67. The Kier molecular flexibility index (Phi) is 3.98. The quantitative estimate of drug-likeness (QED) is 0.386. The maximum atomic E-state index is 4.71. The summed E-state index contributed by atoms with van der Waals surface area (Å²) in [6.45, 7) is 4.48. The molecule has 0 aliphatic rings. The van der Waals surface area contributed by atoms with Crippen LogP contribution < -0.4 is 11.2 Å². The number of rotatable bonds is 3. The molecule has 0 fully saturated rings. The predicted molar refractivity (Wildman–Crippen MR) is 28.4 cm³/mol. The Hall–Kier alpha value is -0.120. The van der Waals surface area contributed by atoms with Gasteiger partial charge in [-0.2, -0.15) is 0 Å². The standard InChI is InChI=1S/C4H12N2O/c1-4(2)6-3-7-5/h4,6H,3,5H2,1-2H3. The van der Waals surface area contributed by atoms with E-state index in [4.69, 9.17) is 5.90 Å². The van der Waals surface area contributed by atoms with Gasteiger partial charge >= 0.3 is 0 Å². The van der Waals surface area contributed by atoms with Crippen LogP contribution in [0, 0.1) is 0 Å². The van der Waals surface area contributed by atoms with E-state index in [1.165, 1.54) is 0 Å². The molecule has 0 radical (unpaired) electrons. The van der Waals surface area contributed by atoms with E-state index in [1.54, 1.807) is 0 Å². The van der Waals surface area contributed by atoms with Gasteiger partial charge in [0.2, 0.25) is 0 Å². The van der Waals surface area contributed by atoms with Crippen LogP contribution in [0.15, 0.2) is 0 Å². The summed E-state index contributed by atoms with van der Waals surface area (Å²) in [4.78, 5) is 4.24. The van der Waals surface area contributed by atoms with E-state index in [2.05, 4.69) is 10.2 Å². The molecule has 0 aliphatic carbocycles. The summed E-state index contributed by atoms with van der Waals surface area (Å²) in [6.07, 6.45) is 0. The SMILES string of the molecule is CC(C)NCON. The molecule has 3 N–H and O–H groups in total. The van der Waals surface area contributed by atoms with Crippen molar-refractivity contribution in [1.29, 1.82) is 0 Å². The van der Waals surface area contributed by atoms with Gasteiger partial charge in [-0.25, -0.2) is 5.90 Å². The highest BCUT2D eigenvalue weighted by molar-refractivity contribution is 4.43. The Morgan fingerprint density at radius 1 is 1.71 bits per heavy atom. The van der Waals surface area contributed by atoms with Gasteiger partial charge in [-0.15, -0.1) is 0 Å². The lowest BCUT2D eigenvalue weighted by molar-refractivity contribution is 0.113. The molecule has 0 aromatic heterocycles. The van der Waals surface area contributed by atoms with E-state index in [0.717, 1.165) is 0 Å². The van der Waals surface area contributed by atoms with Gasteiger partial charge in [0.05, 0.1) is 0 Å². The van der Waals surface area contributed by atoms with E-state index >= 15 is 0 Å². The average molecular weight is 104 g/mol. The lowest BCUT2D eigenvalue weighted by atomic mass is 10.4. The molecule has 0 aliphatic heterocycles. The zero-order valence-electron chi connectivity index (χ0n) is 4.77. The first-order valence-corrected chi connectivity index (χ1v) is 2.32. The van der Waals surface area contributed by atoms with Gasteiger partial charge < -0.3 is 0 Å². The van der Waals surface area contributed by atoms with Gasteiger partial charge in [-0.3, -0.25) is 10.2 Å². The van der Waals surface area contributed by atoms with Crippen molar-refractivity contribution >= 4 is 0 Å².